The van der Waals surface area contributed by atoms with E-state index in [0.29, 0.717) is 6.10 Å². The monoisotopic (exact) mass is 373 g/mol. The highest BCUT2D eigenvalue weighted by molar-refractivity contribution is 5.75. The molecule has 1 aromatic carbocycles. The summed E-state index contributed by atoms with van der Waals surface area (Å²) in [5.74, 6) is 0. The minimum atomic E-state index is -0.0332. The first-order valence-electron chi connectivity index (χ1n) is 10.4. The third-order valence-corrected chi connectivity index (χ3v) is 5.87. The number of nitrogens with one attached hydrogen (secondary N) is 2. The van der Waals surface area contributed by atoms with Crippen molar-refractivity contribution in [3.63, 3.8) is 0 Å². The van der Waals surface area contributed by atoms with Crippen LogP contribution >= 0.6 is 0 Å². The van der Waals surface area contributed by atoms with E-state index >= 15 is 0 Å². The molecule has 27 heavy (non-hydrogen) atoms. The zero-order chi connectivity index (χ0) is 19.4. The lowest BCUT2D eigenvalue weighted by atomic mass is 9.86. The Balaban J connectivity index is 1.43. The summed E-state index contributed by atoms with van der Waals surface area (Å²) in [4.78, 5) is 15.0. The molecule has 0 saturated carbocycles. The van der Waals surface area contributed by atoms with Gasteiger partial charge in [0.25, 0.3) is 0 Å². The molecular weight excluding hydrogens is 338 g/mol. The molecule has 1 fully saturated rings. The predicted molar refractivity (Wildman–Crippen MR) is 109 cm³/mol. The highest BCUT2D eigenvalue weighted by Gasteiger charge is 2.37. The van der Waals surface area contributed by atoms with Crippen LogP contribution in [0.5, 0.6) is 0 Å². The van der Waals surface area contributed by atoms with Crippen molar-refractivity contribution in [3.05, 3.63) is 35.4 Å². The molecule has 2 N–H and O–H groups in total. The number of urea groups is 1. The Kier molecular flexibility index (Phi) is 6.43. The molecule has 3 rings (SSSR count). The van der Waals surface area contributed by atoms with Crippen molar-refractivity contribution in [3.8, 4) is 0 Å². The highest BCUT2D eigenvalue weighted by Crippen LogP contribution is 2.44. The minimum absolute atomic E-state index is 0.0332. The predicted octanol–water partition coefficient (Wildman–Crippen LogP) is 3.60. The highest BCUT2D eigenvalue weighted by atomic mass is 16.5. The van der Waals surface area contributed by atoms with Crippen LogP contribution in [0.1, 0.15) is 64.1 Å². The number of carbonyl (C=O) groups is 1. The van der Waals surface area contributed by atoms with Gasteiger partial charge in [-0.25, -0.2) is 4.79 Å². The first-order chi connectivity index (χ1) is 12.8. The molecule has 0 spiro atoms. The number of rotatable bonds is 6. The lowest BCUT2D eigenvalue weighted by molar-refractivity contribution is 0.0529. The molecule has 0 aromatic heterocycles. The van der Waals surface area contributed by atoms with E-state index in [2.05, 4.69) is 67.5 Å². The number of amides is 2. The maximum absolute atomic E-state index is 12.6. The van der Waals surface area contributed by atoms with Gasteiger partial charge in [-0.05, 0) is 49.7 Å². The van der Waals surface area contributed by atoms with Crippen LogP contribution in [0, 0.1) is 0 Å². The van der Waals surface area contributed by atoms with E-state index in [1.807, 2.05) is 0 Å². The van der Waals surface area contributed by atoms with Gasteiger partial charge in [-0.2, -0.15) is 0 Å². The Morgan fingerprint density at radius 3 is 2.63 bits per heavy atom. The second-order valence-electron chi connectivity index (χ2n) is 8.88. The van der Waals surface area contributed by atoms with Crippen LogP contribution in [0.25, 0.3) is 0 Å². The van der Waals surface area contributed by atoms with Crippen molar-refractivity contribution in [1.82, 2.24) is 15.5 Å². The number of carbonyl (C=O) groups excluding carboxylic acids is 1. The van der Waals surface area contributed by atoms with Crippen molar-refractivity contribution < 1.29 is 9.53 Å². The fourth-order valence-electron chi connectivity index (χ4n) is 4.38. The van der Waals surface area contributed by atoms with Gasteiger partial charge in [0, 0.05) is 25.7 Å². The summed E-state index contributed by atoms with van der Waals surface area (Å²) in [5.41, 5.74) is 2.72. The van der Waals surface area contributed by atoms with Gasteiger partial charge in [0.05, 0.1) is 18.8 Å². The van der Waals surface area contributed by atoms with Gasteiger partial charge in [-0.1, -0.05) is 38.1 Å². The van der Waals surface area contributed by atoms with Crippen molar-refractivity contribution in [2.45, 2.75) is 70.6 Å². The van der Waals surface area contributed by atoms with E-state index in [1.54, 1.807) is 0 Å². The fourth-order valence-corrected chi connectivity index (χ4v) is 4.38. The van der Waals surface area contributed by atoms with Crippen LogP contribution in [0.4, 0.5) is 4.79 Å². The molecule has 1 heterocycles. The van der Waals surface area contributed by atoms with Crippen molar-refractivity contribution in [2.24, 2.45) is 0 Å². The maximum atomic E-state index is 12.6. The van der Waals surface area contributed by atoms with Gasteiger partial charge in [0.15, 0.2) is 0 Å². The van der Waals surface area contributed by atoms with Gasteiger partial charge in [-0.15, -0.1) is 0 Å². The van der Waals surface area contributed by atoms with Crippen LogP contribution in [-0.2, 0) is 10.2 Å². The van der Waals surface area contributed by atoms with Crippen molar-refractivity contribution in [2.75, 3.05) is 26.2 Å². The second kappa shape index (κ2) is 8.61. The number of hydrogen-bond donors (Lipinski definition) is 2. The smallest absolute Gasteiger partial charge is 0.315 e. The van der Waals surface area contributed by atoms with Crippen LogP contribution in [0.15, 0.2) is 24.3 Å². The topological polar surface area (TPSA) is 53.6 Å². The number of likely N-dealkylation sites (tertiary alicyclic amines) is 1. The molecule has 5 nitrogen and oxygen atoms in total. The Labute approximate surface area is 163 Å². The average molecular weight is 374 g/mol. The van der Waals surface area contributed by atoms with Crippen molar-refractivity contribution >= 4 is 6.03 Å². The van der Waals surface area contributed by atoms with Crippen LogP contribution in [-0.4, -0.2) is 49.3 Å². The van der Waals surface area contributed by atoms with E-state index in [9.17, 15) is 4.79 Å². The molecule has 1 unspecified atom stereocenters. The largest absolute Gasteiger partial charge is 0.377 e. The number of piperidine rings is 1. The molecule has 0 bridgehead atoms. The number of ether oxygens (including phenoxy) is 1. The van der Waals surface area contributed by atoms with Gasteiger partial charge < -0.3 is 20.3 Å². The molecule has 1 aliphatic carbocycles. The number of benzene rings is 1. The normalized spacial score (nSPS) is 22.6. The Morgan fingerprint density at radius 1 is 1.22 bits per heavy atom. The molecule has 2 aliphatic rings. The summed E-state index contributed by atoms with van der Waals surface area (Å²) in [6, 6.07) is 8.81. The van der Waals surface area contributed by atoms with Gasteiger partial charge in [-0.3, -0.25) is 0 Å². The van der Waals surface area contributed by atoms with Crippen molar-refractivity contribution in [1.29, 1.82) is 0 Å². The van der Waals surface area contributed by atoms with E-state index in [4.69, 9.17) is 4.74 Å². The SMILES string of the molecule is CC(C)OCCN1CCC(NC(=O)NC2CC(C)(C)c3ccccc32)CC1. The van der Waals surface area contributed by atoms with Gasteiger partial charge >= 0.3 is 6.03 Å². The standard InChI is InChI=1S/C22H35N3O2/c1-16(2)27-14-13-25-11-9-17(10-12-25)23-21(26)24-20-15-22(3,4)19-8-6-5-7-18(19)20/h5-8,16-17,20H,9-15H2,1-4H3,(H2,23,24,26). The lowest BCUT2D eigenvalue weighted by Gasteiger charge is -2.32. The molecular formula is C22H35N3O2. The Bertz CT molecular complexity index is 636. The van der Waals surface area contributed by atoms with E-state index in [-0.39, 0.29) is 23.5 Å². The number of nitrogens with zero attached hydrogens (tertiary/aromatic N) is 1. The molecule has 150 valence electrons. The lowest BCUT2D eigenvalue weighted by Crippen LogP contribution is -2.48. The third-order valence-electron chi connectivity index (χ3n) is 5.87. The summed E-state index contributed by atoms with van der Waals surface area (Å²) in [6.45, 7) is 12.4. The van der Waals surface area contributed by atoms with Crippen LogP contribution < -0.4 is 10.6 Å². The third kappa shape index (κ3) is 5.23. The molecule has 5 heteroatoms. The molecule has 1 aromatic rings. The summed E-state index contributed by atoms with van der Waals surface area (Å²) >= 11 is 0. The Morgan fingerprint density at radius 2 is 1.93 bits per heavy atom. The zero-order valence-corrected chi connectivity index (χ0v) is 17.3. The molecule has 1 saturated heterocycles. The first-order valence-corrected chi connectivity index (χ1v) is 10.4. The molecule has 1 atom stereocenters. The average Bonchev–Trinajstić information content (AvgIpc) is 2.87. The minimum Gasteiger partial charge on any atom is -0.377 e. The van der Waals surface area contributed by atoms with E-state index < -0.39 is 0 Å². The fraction of sp³-hybridized carbons (Fsp3) is 0.682. The summed E-state index contributed by atoms with van der Waals surface area (Å²) in [5, 5.41) is 6.40. The molecule has 1 aliphatic heterocycles. The van der Waals surface area contributed by atoms with Crippen LogP contribution in [0.2, 0.25) is 0 Å². The van der Waals surface area contributed by atoms with Gasteiger partial charge in [0.1, 0.15) is 0 Å². The van der Waals surface area contributed by atoms with Crippen LogP contribution in [0.3, 0.4) is 0 Å². The summed E-state index contributed by atoms with van der Waals surface area (Å²) in [7, 11) is 0. The van der Waals surface area contributed by atoms with E-state index in [0.717, 1.165) is 45.5 Å². The van der Waals surface area contributed by atoms with Gasteiger partial charge in [0.2, 0.25) is 0 Å². The molecule has 0 radical (unpaired) electrons. The second-order valence-corrected chi connectivity index (χ2v) is 8.88. The zero-order valence-electron chi connectivity index (χ0n) is 17.3. The number of hydrogen-bond acceptors (Lipinski definition) is 3. The quantitative estimate of drug-likeness (QED) is 0.801. The Hall–Kier alpha value is -1.59. The number of fused-ring (bicyclic) bond motifs is 1. The summed E-state index contributed by atoms with van der Waals surface area (Å²) in [6.07, 6.45) is 3.25. The first kappa shape index (κ1) is 20.2. The molecule has 2 amide bonds. The van der Waals surface area contributed by atoms with E-state index in [1.165, 1.54) is 11.1 Å². The summed E-state index contributed by atoms with van der Waals surface area (Å²) < 4.78 is 5.63. The maximum Gasteiger partial charge on any atom is 0.315 e.